The topological polar surface area (TPSA) is 54.0 Å². The second kappa shape index (κ2) is 5.67. The molecule has 0 radical (unpaired) electrons. The van der Waals surface area contributed by atoms with Crippen molar-refractivity contribution in [2.24, 2.45) is 5.92 Å². The van der Waals surface area contributed by atoms with Crippen LogP contribution in [0, 0.1) is 5.92 Å². The zero-order chi connectivity index (χ0) is 12.3. The number of pyridine rings is 1. The number of nitrogens with zero attached hydrogens (tertiary/aromatic N) is 1. The number of halogens is 2. The maximum Gasteiger partial charge on any atom is 0.227 e. The summed E-state index contributed by atoms with van der Waals surface area (Å²) in [5, 5.41) is 6.71. The van der Waals surface area contributed by atoms with Gasteiger partial charge in [-0.2, -0.15) is 0 Å². The van der Waals surface area contributed by atoms with Crippen molar-refractivity contribution >= 4 is 34.8 Å². The molecule has 1 aliphatic heterocycles. The monoisotopic (exact) mass is 273 g/mol. The third kappa shape index (κ3) is 3.09. The summed E-state index contributed by atoms with van der Waals surface area (Å²) >= 11 is 11.9. The van der Waals surface area contributed by atoms with Gasteiger partial charge in [-0.25, -0.2) is 0 Å². The molecule has 2 N–H and O–H groups in total. The molecule has 92 valence electrons. The van der Waals surface area contributed by atoms with Crippen LogP contribution in [0.4, 0.5) is 5.69 Å². The zero-order valence-electron chi connectivity index (χ0n) is 9.17. The van der Waals surface area contributed by atoms with Crippen molar-refractivity contribution in [3.63, 3.8) is 0 Å². The average molecular weight is 274 g/mol. The lowest BCUT2D eigenvalue weighted by Crippen LogP contribution is -2.34. The van der Waals surface area contributed by atoms with Crippen LogP contribution in [0.5, 0.6) is 0 Å². The van der Waals surface area contributed by atoms with Gasteiger partial charge < -0.3 is 10.6 Å². The van der Waals surface area contributed by atoms with Gasteiger partial charge >= 0.3 is 0 Å². The van der Waals surface area contributed by atoms with Gasteiger partial charge in [-0.3, -0.25) is 9.78 Å². The third-order valence-corrected chi connectivity index (χ3v) is 3.38. The van der Waals surface area contributed by atoms with Gasteiger partial charge in [-0.1, -0.05) is 23.2 Å². The number of anilines is 1. The van der Waals surface area contributed by atoms with Crippen LogP contribution < -0.4 is 10.6 Å². The van der Waals surface area contributed by atoms with E-state index in [0.29, 0.717) is 15.7 Å². The molecule has 0 spiro atoms. The Labute approximate surface area is 110 Å². The van der Waals surface area contributed by atoms with Gasteiger partial charge in [0.1, 0.15) is 0 Å². The number of amides is 1. The first-order chi connectivity index (χ1) is 8.18. The molecule has 0 unspecified atom stereocenters. The molecule has 1 aromatic heterocycles. The number of hydrogen-bond acceptors (Lipinski definition) is 3. The SMILES string of the molecule is O=C(Nc1c(Cl)cncc1Cl)C1CCNCC1. The second-order valence-corrected chi connectivity index (χ2v) is 4.81. The molecule has 0 saturated carbocycles. The summed E-state index contributed by atoms with van der Waals surface area (Å²) in [5.41, 5.74) is 0.451. The zero-order valence-corrected chi connectivity index (χ0v) is 10.7. The molecule has 2 rings (SSSR count). The Morgan fingerprint density at radius 1 is 1.29 bits per heavy atom. The minimum Gasteiger partial charge on any atom is -0.323 e. The number of rotatable bonds is 2. The Bertz CT molecular complexity index is 399. The molecule has 1 fully saturated rings. The van der Waals surface area contributed by atoms with Gasteiger partial charge in [0, 0.05) is 18.3 Å². The lowest BCUT2D eigenvalue weighted by atomic mass is 9.97. The molecule has 0 bridgehead atoms. The van der Waals surface area contributed by atoms with Crippen molar-refractivity contribution in [3.05, 3.63) is 22.4 Å². The minimum absolute atomic E-state index is 0.0246. The largest absolute Gasteiger partial charge is 0.323 e. The van der Waals surface area contributed by atoms with Crippen molar-refractivity contribution in [3.8, 4) is 0 Å². The Morgan fingerprint density at radius 2 is 1.88 bits per heavy atom. The molecule has 1 amide bonds. The molecule has 4 nitrogen and oxygen atoms in total. The van der Waals surface area contributed by atoms with Crippen molar-refractivity contribution in [1.82, 2.24) is 10.3 Å². The molecule has 0 atom stereocenters. The summed E-state index contributed by atoms with van der Waals surface area (Å²) in [6.07, 6.45) is 4.61. The Hall–Kier alpha value is -0.840. The van der Waals surface area contributed by atoms with E-state index in [2.05, 4.69) is 15.6 Å². The van der Waals surface area contributed by atoms with Crippen LogP contribution in [-0.2, 0) is 4.79 Å². The van der Waals surface area contributed by atoms with Crippen LogP contribution in [-0.4, -0.2) is 24.0 Å². The summed E-state index contributed by atoms with van der Waals surface area (Å²) < 4.78 is 0. The predicted octanol–water partition coefficient (Wildman–Crippen LogP) is 2.33. The highest BCUT2D eigenvalue weighted by atomic mass is 35.5. The smallest absolute Gasteiger partial charge is 0.227 e. The summed E-state index contributed by atoms with van der Waals surface area (Å²) in [6.45, 7) is 1.74. The summed E-state index contributed by atoms with van der Waals surface area (Å²) in [7, 11) is 0. The van der Waals surface area contributed by atoms with E-state index in [1.165, 1.54) is 12.4 Å². The number of nitrogens with one attached hydrogen (secondary N) is 2. The molecule has 0 aromatic carbocycles. The quantitative estimate of drug-likeness (QED) is 0.870. The van der Waals surface area contributed by atoms with E-state index in [9.17, 15) is 4.79 Å². The Morgan fingerprint density at radius 3 is 2.47 bits per heavy atom. The van der Waals surface area contributed by atoms with E-state index >= 15 is 0 Å². The van der Waals surface area contributed by atoms with Gasteiger partial charge in [0.05, 0.1) is 15.7 Å². The number of carbonyl (C=O) groups excluding carboxylic acids is 1. The van der Waals surface area contributed by atoms with Crippen LogP contribution in [0.15, 0.2) is 12.4 Å². The average Bonchev–Trinajstić information content (AvgIpc) is 2.35. The van der Waals surface area contributed by atoms with Crippen molar-refractivity contribution < 1.29 is 4.79 Å². The van der Waals surface area contributed by atoms with E-state index in [4.69, 9.17) is 23.2 Å². The molecule has 1 saturated heterocycles. The van der Waals surface area contributed by atoms with E-state index in [1.807, 2.05) is 0 Å². The number of aromatic nitrogens is 1. The van der Waals surface area contributed by atoms with Crippen LogP contribution in [0.2, 0.25) is 10.0 Å². The van der Waals surface area contributed by atoms with E-state index in [-0.39, 0.29) is 11.8 Å². The molecule has 0 aliphatic carbocycles. The Kier molecular flexibility index (Phi) is 4.20. The molecule has 1 aliphatic rings. The van der Waals surface area contributed by atoms with Crippen LogP contribution in [0.3, 0.4) is 0 Å². The number of hydrogen-bond donors (Lipinski definition) is 2. The fourth-order valence-corrected chi connectivity index (χ4v) is 2.30. The fraction of sp³-hybridized carbons (Fsp3) is 0.455. The predicted molar refractivity (Wildman–Crippen MR) is 68.5 cm³/mol. The minimum atomic E-state index is -0.0264. The third-order valence-electron chi connectivity index (χ3n) is 2.81. The van der Waals surface area contributed by atoms with Gasteiger partial charge in [0.2, 0.25) is 5.91 Å². The lowest BCUT2D eigenvalue weighted by molar-refractivity contribution is -0.120. The molecule has 6 heteroatoms. The molecule has 17 heavy (non-hydrogen) atoms. The van der Waals surface area contributed by atoms with Gasteiger partial charge in [0.25, 0.3) is 0 Å². The Balaban J connectivity index is 2.07. The standard InChI is InChI=1S/C11H13Cl2N3O/c12-8-5-15-6-9(13)10(8)16-11(17)7-1-3-14-4-2-7/h5-7,14H,1-4H2,(H,15,16,17). The highest BCUT2D eigenvalue weighted by molar-refractivity contribution is 6.39. The van der Waals surface area contributed by atoms with Gasteiger partial charge in [-0.15, -0.1) is 0 Å². The van der Waals surface area contributed by atoms with Gasteiger partial charge in [0.15, 0.2) is 0 Å². The van der Waals surface area contributed by atoms with E-state index in [0.717, 1.165) is 25.9 Å². The maximum absolute atomic E-state index is 12.0. The fourth-order valence-electron chi connectivity index (χ4n) is 1.84. The van der Waals surface area contributed by atoms with Crippen LogP contribution >= 0.6 is 23.2 Å². The van der Waals surface area contributed by atoms with Crippen molar-refractivity contribution in [2.75, 3.05) is 18.4 Å². The van der Waals surface area contributed by atoms with Crippen molar-refractivity contribution in [1.29, 1.82) is 0 Å². The summed E-state index contributed by atoms with van der Waals surface area (Å²) in [6, 6.07) is 0. The van der Waals surface area contributed by atoms with Crippen molar-refractivity contribution in [2.45, 2.75) is 12.8 Å². The molecule has 2 heterocycles. The van der Waals surface area contributed by atoms with Crippen LogP contribution in [0.1, 0.15) is 12.8 Å². The first kappa shape index (κ1) is 12.6. The molecule has 1 aromatic rings. The van der Waals surface area contributed by atoms with E-state index in [1.54, 1.807) is 0 Å². The van der Waals surface area contributed by atoms with Gasteiger partial charge in [-0.05, 0) is 25.9 Å². The molecular formula is C11H13Cl2N3O. The van der Waals surface area contributed by atoms with Crippen LogP contribution in [0.25, 0.3) is 0 Å². The van der Waals surface area contributed by atoms with E-state index < -0.39 is 0 Å². The number of carbonyl (C=O) groups is 1. The summed E-state index contributed by atoms with van der Waals surface area (Å²) in [4.78, 5) is 15.8. The highest BCUT2D eigenvalue weighted by Gasteiger charge is 2.22. The second-order valence-electron chi connectivity index (χ2n) is 3.99. The maximum atomic E-state index is 12.0. The molecular weight excluding hydrogens is 261 g/mol. The first-order valence-electron chi connectivity index (χ1n) is 5.49. The highest BCUT2D eigenvalue weighted by Crippen LogP contribution is 2.29. The normalized spacial score (nSPS) is 16.8. The lowest BCUT2D eigenvalue weighted by Gasteiger charge is -2.22. The number of piperidine rings is 1. The first-order valence-corrected chi connectivity index (χ1v) is 6.24. The summed E-state index contributed by atoms with van der Waals surface area (Å²) in [5.74, 6) is -0.00181.